The topological polar surface area (TPSA) is 81.0 Å². The number of carbonyl (C=O) groups excluding carboxylic acids is 1. The van der Waals surface area contributed by atoms with E-state index >= 15 is 0 Å². The molecule has 4 atom stereocenters. The molecule has 0 bridgehead atoms. The molecule has 2 fully saturated rings. The van der Waals surface area contributed by atoms with E-state index in [0.29, 0.717) is 5.56 Å². The van der Waals surface area contributed by atoms with E-state index in [1.54, 1.807) is 24.3 Å². The fraction of sp³-hybridized carbons (Fsp3) is 0.462. The summed E-state index contributed by atoms with van der Waals surface area (Å²) in [6.07, 6.45) is -2.15. The third-order valence-corrected chi connectivity index (χ3v) is 3.94. The SMILES string of the molecule is O=C1CC(O)(c2ccccc2)C2C(O)C(O)CN12. The van der Waals surface area contributed by atoms with Gasteiger partial charge < -0.3 is 20.2 Å². The highest BCUT2D eigenvalue weighted by Gasteiger charge is 2.59. The molecule has 4 unspecified atom stereocenters. The summed E-state index contributed by atoms with van der Waals surface area (Å²) in [6, 6.07) is 8.07. The highest BCUT2D eigenvalue weighted by atomic mass is 16.3. The Morgan fingerprint density at radius 1 is 1.22 bits per heavy atom. The molecular formula is C13H15NO4. The summed E-state index contributed by atoms with van der Waals surface area (Å²) in [5, 5.41) is 30.4. The first kappa shape index (κ1) is 11.6. The number of carbonyl (C=O) groups is 1. The summed E-state index contributed by atoms with van der Waals surface area (Å²) < 4.78 is 0. The monoisotopic (exact) mass is 249 g/mol. The van der Waals surface area contributed by atoms with E-state index in [-0.39, 0.29) is 18.9 Å². The molecule has 1 amide bonds. The van der Waals surface area contributed by atoms with E-state index in [2.05, 4.69) is 0 Å². The number of fused-ring (bicyclic) bond motifs is 1. The molecule has 0 aliphatic carbocycles. The maximum Gasteiger partial charge on any atom is 0.226 e. The second-order valence-electron chi connectivity index (χ2n) is 5.02. The molecular weight excluding hydrogens is 234 g/mol. The Balaban J connectivity index is 2.05. The Kier molecular flexibility index (Phi) is 2.45. The molecule has 18 heavy (non-hydrogen) atoms. The lowest BCUT2D eigenvalue weighted by molar-refractivity contribution is -0.128. The second kappa shape index (κ2) is 3.78. The standard InChI is InChI=1S/C13H15NO4/c15-9-7-14-10(16)6-13(18,12(14)11(9)17)8-4-2-1-3-5-8/h1-5,9,11-12,15,17-18H,6-7H2. The molecule has 2 saturated heterocycles. The minimum absolute atomic E-state index is 0.0501. The predicted molar refractivity (Wildman–Crippen MR) is 62.5 cm³/mol. The quantitative estimate of drug-likeness (QED) is 0.609. The van der Waals surface area contributed by atoms with Gasteiger partial charge in [-0.1, -0.05) is 30.3 Å². The molecule has 1 aromatic rings. The van der Waals surface area contributed by atoms with Crippen molar-refractivity contribution in [1.82, 2.24) is 4.90 Å². The van der Waals surface area contributed by atoms with Crippen molar-refractivity contribution in [3.63, 3.8) is 0 Å². The van der Waals surface area contributed by atoms with Gasteiger partial charge in [0.15, 0.2) is 0 Å². The van der Waals surface area contributed by atoms with E-state index in [9.17, 15) is 20.1 Å². The van der Waals surface area contributed by atoms with Crippen molar-refractivity contribution in [2.24, 2.45) is 0 Å². The van der Waals surface area contributed by atoms with Gasteiger partial charge in [0.1, 0.15) is 11.7 Å². The minimum Gasteiger partial charge on any atom is -0.388 e. The highest BCUT2D eigenvalue weighted by molar-refractivity contribution is 5.82. The molecule has 96 valence electrons. The van der Waals surface area contributed by atoms with E-state index in [0.717, 1.165) is 0 Å². The molecule has 0 aromatic heterocycles. The first-order valence-electron chi connectivity index (χ1n) is 5.97. The molecule has 5 nitrogen and oxygen atoms in total. The summed E-state index contributed by atoms with van der Waals surface area (Å²) in [4.78, 5) is 13.3. The first-order valence-corrected chi connectivity index (χ1v) is 5.97. The maximum absolute atomic E-state index is 11.9. The summed E-state index contributed by atoms with van der Waals surface area (Å²) >= 11 is 0. The van der Waals surface area contributed by atoms with Crippen molar-refractivity contribution in [1.29, 1.82) is 0 Å². The number of hydrogen-bond donors (Lipinski definition) is 3. The zero-order valence-corrected chi connectivity index (χ0v) is 9.73. The van der Waals surface area contributed by atoms with Crippen LogP contribution in [-0.4, -0.2) is 50.9 Å². The van der Waals surface area contributed by atoms with Gasteiger partial charge in [-0.15, -0.1) is 0 Å². The first-order chi connectivity index (χ1) is 8.54. The van der Waals surface area contributed by atoms with Crippen molar-refractivity contribution in [3.05, 3.63) is 35.9 Å². The van der Waals surface area contributed by atoms with Crippen LogP contribution in [0.2, 0.25) is 0 Å². The molecule has 2 heterocycles. The smallest absolute Gasteiger partial charge is 0.226 e. The number of hydrogen-bond acceptors (Lipinski definition) is 4. The lowest BCUT2D eigenvalue weighted by Crippen LogP contribution is -2.46. The number of nitrogens with zero attached hydrogens (tertiary/aromatic N) is 1. The van der Waals surface area contributed by atoms with Crippen LogP contribution >= 0.6 is 0 Å². The number of rotatable bonds is 1. The fourth-order valence-corrected chi connectivity index (χ4v) is 3.05. The summed E-state index contributed by atoms with van der Waals surface area (Å²) in [5.41, 5.74) is -0.825. The molecule has 1 aromatic carbocycles. The van der Waals surface area contributed by atoms with Crippen molar-refractivity contribution in [2.45, 2.75) is 30.3 Å². The Labute approximate surface area is 104 Å². The van der Waals surface area contributed by atoms with Gasteiger partial charge in [-0.3, -0.25) is 4.79 Å². The zero-order chi connectivity index (χ0) is 12.9. The van der Waals surface area contributed by atoms with E-state index < -0.39 is 23.9 Å². The maximum atomic E-state index is 11.9. The molecule has 2 aliphatic heterocycles. The summed E-state index contributed by atoms with van der Waals surface area (Å²) in [6.45, 7) is 0.0831. The van der Waals surface area contributed by atoms with Crippen molar-refractivity contribution >= 4 is 5.91 Å². The van der Waals surface area contributed by atoms with Gasteiger partial charge in [0.2, 0.25) is 5.91 Å². The van der Waals surface area contributed by atoms with Crippen LogP contribution in [0, 0.1) is 0 Å². The van der Waals surface area contributed by atoms with Gasteiger partial charge >= 0.3 is 0 Å². The third-order valence-electron chi connectivity index (χ3n) is 3.94. The molecule has 0 spiro atoms. The number of aliphatic hydroxyl groups excluding tert-OH is 2. The largest absolute Gasteiger partial charge is 0.388 e. The Bertz CT molecular complexity index is 477. The normalized spacial score (nSPS) is 39.2. The molecule has 0 radical (unpaired) electrons. The Morgan fingerprint density at radius 2 is 1.89 bits per heavy atom. The summed E-state index contributed by atoms with van der Waals surface area (Å²) in [7, 11) is 0. The van der Waals surface area contributed by atoms with Crippen LogP contribution in [0.1, 0.15) is 12.0 Å². The average molecular weight is 249 g/mol. The van der Waals surface area contributed by atoms with Crippen LogP contribution in [0.25, 0.3) is 0 Å². The number of aliphatic hydroxyl groups is 3. The molecule has 2 aliphatic rings. The van der Waals surface area contributed by atoms with Crippen LogP contribution in [0.4, 0.5) is 0 Å². The van der Waals surface area contributed by atoms with E-state index in [1.807, 2.05) is 6.07 Å². The van der Waals surface area contributed by atoms with Crippen LogP contribution < -0.4 is 0 Å². The van der Waals surface area contributed by atoms with E-state index in [4.69, 9.17) is 0 Å². The number of benzene rings is 1. The van der Waals surface area contributed by atoms with Crippen LogP contribution in [0.15, 0.2) is 30.3 Å². The highest BCUT2D eigenvalue weighted by Crippen LogP contribution is 2.43. The fourth-order valence-electron chi connectivity index (χ4n) is 3.05. The Morgan fingerprint density at radius 3 is 2.56 bits per heavy atom. The van der Waals surface area contributed by atoms with Crippen molar-refractivity contribution in [2.75, 3.05) is 6.54 Å². The summed E-state index contributed by atoms with van der Waals surface area (Å²) in [5.74, 6) is -0.234. The van der Waals surface area contributed by atoms with E-state index in [1.165, 1.54) is 4.90 Å². The minimum atomic E-state index is -1.42. The lowest BCUT2D eigenvalue weighted by atomic mass is 9.84. The van der Waals surface area contributed by atoms with Crippen LogP contribution in [0.3, 0.4) is 0 Å². The van der Waals surface area contributed by atoms with Gasteiger partial charge in [0, 0.05) is 6.54 Å². The van der Waals surface area contributed by atoms with Gasteiger partial charge in [-0.05, 0) is 5.56 Å². The number of amides is 1. The van der Waals surface area contributed by atoms with Gasteiger partial charge in [-0.2, -0.15) is 0 Å². The molecule has 5 heteroatoms. The zero-order valence-electron chi connectivity index (χ0n) is 9.73. The third kappa shape index (κ3) is 1.41. The molecule has 3 rings (SSSR count). The van der Waals surface area contributed by atoms with Gasteiger partial charge in [0.05, 0.1) is 18.6 Å². The molecule has 3 N–H and O–H groups in total. The second-order valence-corrected chi connectivity index (χ2v) is 5.02. The predicted octanol–water partition coefficient (Wildman–Crippen LogP) is -0.790. The Hall–Kier alpha value is -1.43. The van der Waals surface area contributed by atoms with Crippen LogP contribution in [0.5, 0.6) is 0 Å². The van der Waals surface area contributed by atoms with Crippen LogP contribution in [-0.2, 0) is 10.4 Å². The van der Waals surface area contributed by atoms with Crippen molar-refractivity contribution in [3.8, 4) is 0 Å². The van der Waals surface area contributed by atoms with Crippen molar-refractivity contribution < 1.29 is 20.1 Å². The average Bonchev–Trinajstić information content (AvgIpc) is 2.80. The molecule has 0 saturated carbocycles. The van der Waals surface area contributed by atoms with Gasteiger partial charge in [-0.25, -0.2) is 0 Å². The lowest BCUT2D eigenvalue weighted by Gasteiger charge is -2.31. The van der Waals surface area contributed by atoms with Gasteiger partial charge in [0.25, 0.3) is 0 Å².